The first-order valence-corrected chi connectivity index (χ1v) is 7.41. The summed E-state index contributed by atoms with van der Waals surface area (Å²) < 4.78 is 10.5. The number of carbonyl (C=O) groups is 1. The van der Waals surface area contributed by atoms with Gasteiger partial charge in [-0.3, -0.25) is 4.79 Å². The number of nitrogens with zero attached hydrogens (tertiary/aromatic N) is 2. The van der Waals surface area contributed by atoms with E-state index >= 15 is 0 Å². The molecule has 0 spiro atoms. The second kappa shape index (κ2) is 5.23. The van der Waals surface area contributed by atoms with Crippen LogP contribution in [0.1, 0.15) is 10.4 Å². The van der Waals surface area contributed by atoms with Crippen molar-refractivity contribution in [3.8, 4) is 17.5 Å². The quantitative estimate of drug-likeness (QED) is 0.525. The number of benzene rings is 2. The number of hydrogen-bond acceptors (Lipinski definition) is 6. The van der Waals surface area contributed by atoms with Gasteiger partial charge >= 0.3 is 0 Å². The van der Waals surface area contributed by atoms with Crippen LogP contribution in [0.2, 0.25) is 0 Å². The molecule has 0 aliphatic carbocycles. The highest BCUT2D eigenvalue weighted by Crippen LogP contribution is 2.38. The molecule has 0 saturated carbocycles. The molecule has 0 aliphatic heterocycles. The minimum atomic E-state index is -0.627. The van der Waals surface area contributed by atoms with Crippen molar-refractivity contribution in [3.05, 3.63) is 29.8 Å². The fourth-order valence-electron chi connectivity index (χ4n) is 3.00. The lowest BCUT2D eigenvalue weighted by molar-refractivity contribution is 0.100. The van der Waals surface area contributed by atoms with E-state index in [-0.39, 0.29) is 17.2 Å². The molecule has 0 unspecified atom stereocenters. The Bertz CT molecular complexity index is 1170. The Morgan fingerprint density at radius 2 is 1.96 bits per heavy atom. The molecule has 1 amide bonds. The van der Waals surface area contributed by atoms with Crippen molar-refractivity contribution in [2.45, 2.75) is 0 Å². The van der Waals surface area contributed by atoms with Crippen LogP contribution in [0.4, 0.5) is 0 Å². The third-order valence-corrected chi connectivity index (χ3v) is 4.10. The molecule has 0 atom stereocenters. The van der Waals surface area contributed by atoms with E-state index in [0.29, 0.717) is 38.7 Å². The van der Waals surface area contributed by atoms with Gasteiger partial charge in [-0.1, -0.05) is 12.1 Å². The molecule has 4 aromatic rings. The van der Waals surface area contributed by atoms with E-state index < -0.39 is 5.91 Å². The van der Waals surface area contributed by atoms with E-state index in [0.717, 1.165) is 0 Å². The van der Waals surface area contributed by atoms with Crippen LogP contribution in [0.3, 0.4) is 0 Å². The van der Waals surface area contributed by atoms with Gasteiger partial charge in [0.2, 0.25) is 0 Å². The lowest BCUT2D eigenvalue weighted by atomic mass is 10.1. The number of primary amides is 1. The lowest BCUT2D eigenvalue weighted by Gasteiger charge is -2.10. The molecule has 126 valence electrons. The van der Waals surface area contributed by atoms with Crippen LogP contribution in [0.5, 0.6) is 17.5 Å². The number of rotatable bonds is 3. The van der Waals surface area contributed by atoms with Crippen molar-refractivity contribution in [1.29, 1.82) is 0 Å². The van der Waals surface area contributed by atoms with E-state index in [4.69, 9.17) is 15.2 Å². The summed E-state index contributed by atoms with van der Waals surface area (Å²) in [5.41, 5.74) is 7.58. The van der Waals surface area contributed by atoms with Crippen LogP contribution in [0.15, 0.2) is 24.3 Å². The third kappa shape index (κ3) is 2.04. The summed E-state index contributed by atoms with van der Waals surface area (Å²) in [4.78, 5) is 23.9. The molecule has 2 aromatic heterocycles. The molecule has 8 nitrogen and oxygen atoms in total. The number of amides is 1. The summed E-state index contributed by atoms with van der Waals surface area (Å²) in [6.45, 7) is 0. The first kappa shape index (κ1) is 15.0. The van der Waals surface area contributed by atoms with Crippen molar-refractivity contribution in [2.75, 3.05) is 14.2 Å². The van der Waals surface area contributed by atoms with Crippen molar-refractivity contribution >= 4 is 38.7 Å². The van der Waals surface area contributed by atoms with E-state index in [9.17, 15) is 9.90 Å². The first-order chi connectivity index (χ1) is 12.0. The summed E-state index contributed by atoms with van der Waals surface area (Å²) in [6, 6.07) is 6.60. The van der Waals surface area contributed by atoms with E-state index in [2.05, 4.69) is 15.0 Å². The number of hydrogen-bond donors (Lipinski definition) is 3. The van der Waals surface area contributed by atoms with Gasteiger partial charge in [0.25, 0.3) is 17.7 Å². The van der Waals surface area contributed by atoms with Gasteiger partial charge in [-0.15, -0.1) is 0 Å². The maximum Gasteiger partial charge on any atom is 0.276 e. The maximum atomic E-state index is 11.9. The highest BCUT2D eigenvalue weighted by atomic mass is 16.5. The Hall–Kier alpha value is -3.55. The monoisotopic (exact) mass is 338 g/mol. The van der Waals surface area contributed by atoms with Crippen LogP contribution < -0.4 is 15.2 Å². The number of phenols is 1. The maximum absolute atomic E-state index is 11.9. The fourth-order valence-corrected chi connectivity index (χ4v) is 3.00. The highest BCUT2D eigenvalue weighted by Gasteiger charge is 2.21. The number of ether oxygens (including phenoxy) is 2. The number of phenolic OH excluding ortho intramolecular Hbond substituents is 1. The van der Waals surface area contributed by atoms with Crippen LogP contribution in [0, 0.1) is 0 Å². The summed E-state index contributed by atoms with van der Waals surface area (Å²) >= 11 is 0. The SMILES string of the molecule is COc1nc2c(cc(C(N)=O)c3nc4c(O)cccc4c32)[nH]c1OC. The number of nitrogens with two attached hydrogens (primary N) is 1. The zero-order chi connectivity index (χ0) is 17.7. The third-order valence-electron chi connectivity index (χ3n) is 4.10. The number of H-pyrrole nitrogens is 1. The second-order valence-corrected chi connectivity index (χ2v) is 5.47. The minimum absolute atomic E-state index is 0.0155. The molecule has 0 aliphatic rings. The van der Waals surface area contributed by atoms with E-state index in [1.807, 2.05) is 0 Å². The Labute approximate surface area is 141 Å². The summed E-state index contributed by atoms with van der Waals surface area (Å²) in [6.07, 6.45) is 0. The van der Waals surface area contributed by atoms with Gasteiger partial charge in [-0.05, 0) is 12.1 Å². The average molecular weight is 338 g/mol. The molecule has 4 N–H and O–H groups in total. The van der Waals surface area contributed by atoms with Crippen molar-refractivity contribution in [1.82, 2.24) is 15.0 Å². The summed E-state index contributed by atoms with van der Waals surface area (Å²) in [7, 11) is 2.96. The number of methoxy groups -OCH3 is 2. The smallest absolute Gasteiger partial charge is 0.276 e. The molecule has 0 radical (unpaired) electrons. The number of aromatic nitrogens is 3. The lowest BCUT2D eigenvalue weighted by Crippen LogP contribution is -2.12. The average Bonchev–Trinajstić information content (AvgIpc) is 3.00. The first-order valence-electron chi connectivity index (χ1n) is 7.41. The second-order valence-electron chi connectivity index (χ2n) is 5.47. The molecule has 4 rings (SSSR count). The van der Waals surface area contributed by atoms with Crippen molar-refractivity contribution in [2.24, 2.45) is 5.73 Å². The van der Waals surface area contributed by atoms with Gasteiger partial charge in [0.15, 0.2) is 0 Å². The zero-order valence-corrected chi connectivity index (χ0v) is 13.5. The van der Waals surface area contributed by atoms with Crippen LogP contribution in [0.25, 0.3) is 32.8 Å². The largest absolute Gasteiger partial charge is 0.506 e. The van der Waals surface area contributed by atoms with Crippen LogP contribution >= 0.6 is 0 Å². The molecule has 0 saturated heterocycles. The summed E-state index contributed by atoms with van der Waals surface area (Å²) in [5, 5.41) is 11.4. The van der Waals surface area contributed by atoms with Crippen molar-refractivity contribution in [3.63, 3.8) is 0 Å². The minimum Gasteiger partial charge on any atom is -0.506 e. The van der Waals surface area contributed by atoms with Crippen molar-refractivity contribution < 1.29 is 19.4 Å². The van der Waals surface area contributed by atoms with Gasteiger partial charge in [-0.2, -0.15) is 0 Å². The molecule has 0 fully saturated rings. The topological polar surface area (TPSA) is 123 Å². The Kier molecular flexibility index (Phi) is 3.14. The number of para-hydroxylation sites is 1. The molecule has 0 bridgehead atoms. The highest BCUT2D eigenvalue weighted by molar-refractivity contribution is 6.24. The number of carbonyl (C=O) groups excluding carboxylic acids is 1. The van der Waals surface area contributed by atoms with Gasteiger partial charge in [-0.25, -0.2) is 9.97 Å². The van der Waals surface area contributed by atoms with Gasteiger partial charge < -0.3 is 25.3 Å². The zero-order valence-electron chi connectivity index (χ0n) is 13.5. The number of nitrogens with one attached hydrogen (secondary N) is 1. The van der Waals surface area contributed by atoms with E-state index in [1.54, 1.807) is 18.2 Å². The number of aromatic amines is 1. The normalized spacial score (nSPS) is 11.3. The van der Waals surface area contributed by atoms with E-state index in [1.165, 1.54) is 20.3 Å². The summed E-state index contributed by atoms with van der Waals surface area (Å²) in [5.74, 6) is -0.0341. The molecule has 8 heteroatoms. The van der Waals surface area contributed by atoms with Gasteiger partial charge in [0.1, 0.15) is 16.8 Å². The number of fused-ring (bicyclic) bond motifs is 5. The fraction of sp³-hybridized carbons (Fsp3) is 0.118. The van der Waals surface area contributed by atoms with Crippen LogP contribution in [-0.2, 0) is 0 Å². The van der Waals surface area contributed by atoms with Gasteiger partial charge in [0.05, 0.1) is 30.8 Å². The molecule has 2 heterocycles. The predicted molar refractivity (Wildman–Crippen MR) is 92.2 cm³/mol. The predicted octanol–water partition coefficient (Wildman–Crippen LogP) is 2.09. The Morgan fingerprint density at radius 1 is 1.16 bits per heavy atom. The van der Waals surface area contributed by atoms with Gasteiger partial charge in [0, 0.05) is 10.8 Å². The standard InChI is InChI=1S/C17H14N4O4/c1-24-16-17(25-2)21-14-9(19-16)6-8(15(18)23)13-11(14)7-4-3-5-10(22)12(7)20-13/h3-6,19,22H,1-2H3,(H2,18,23). The number of aromatic hydroxyl groups is 1. The Balaban J connectivity index is 2.29. The molecule has 25 heavy (non-hydrogen) atoms. The molecular formula is C17H14N4O4. The Morgan fingerprint density at radius 3 is 2.64 bits per heavy atom. The molecular weight excluding hydrogens is 324 g/mol. The molecule has 2 aromatic carbocycles. The van der Waals surface area contributed by atoms with Crippen LogP contribution in [-0.4, -0.2) is 40.2 Å².